The number of aromatic amines is 1. The number of fused-ring (bicyclic) bond motifs is 1. The zero-order chi connectivity index (χ0) is 49.8. The number of rotatable bonds is 15. The van der Waals surface area contributed by atoms with Gasteiger partial charge in [-0.25, -0.2) is 31.7 Å². The summed E-state index contributed by atoms with van der Waals surface area (Å²) in [5.41, 5.74) is 0.349. The Balaban J connectivity index is 1.07. The number of likely N-dealkylation sites (tertiary alicyclic amines) is 1. The van der Waals surface area contributed by atoms with E-state index in [1.165, 1.54) is 28.3 Å². The molecule has 0 bridgehead atoms. The third-order valence-electron chi connectivity index (χ3n) is 12.0. The molecule has 2 amide bonds. The number of sulfonamides is 1. The number of amides is 2. The predicted molar refractivity (Wildman–Crippen MR) is 262 cm³/mol. The second kappa shape index (κ2) is 20.7. The largest absolute Gasteiger partial charge is 0.455 e. The molecule has 20 heteroatoms. The van der Waals surface area contributed by atoms with Crippen molar-refractivity contribution < 1.29 is 41.2 Å². The second-order valence-electron chi connectivity index (χ2n) is 19.0. The fourth-order valence-electron chi connectivity index (χ4n) is 8.39. The van der Waals surface area contributed by atoms with Gasteiger partial charge >= 0.3 is 6.09 Å². The Kier molecular flexibility index (Phi) is 15.2. The van der Waals surface area contributed by atoms with Crippen molar-refractivity contribution in [1.29, 1.82) is 0 Å². The van der Waals surface area contributed by atoms with E-state index in [-0.39, 0.29) is 43.0 Å². The third kappa shape index (κ3) is 12.7. The number of nitrogens with zero attached hydrogens (tertiary/aromatic N) is 5. The molecule has 16 nitrogen and oxygen atoms in total. The van der Waals surface area contributed by atoms with E-state index in [2.05, 4.69) is 58.0 Å². The highest BCUT2D eigenvalue weighted by atomic mass is 35.5. The van der Waals surface area contributed by atoms with Gasteiger partial charge < -0.3 is 29.6 Å². The molecule has 2 saturated heterocycles. The van der Waals surface area contributed by atoms with Crippen molar-refractivity contribution in [2.75, 3.05) is 62.6 Å². The van der Waals surface area contributed by atoms with Gasteiger partial charge in [-0.1, -0.05) is 43.2 Å². The van der Waals surface area contributed by atoms with Crippen LogP contribution in [0.25, 0.3) is 16.6 Å². The molecule has 69 heavy (non-hydrogen) atoms. The Labute approximate surface area is 405 Å². The first-order chi connectivity index (χ1) is 32.6. The average molecular weight is 992 g/mol. The van der Waals surface area contributed by atoms with E-state index in [4.69, 9.17) is 21.1 Å². The lowest BCUT2D eigenvalue weighted by atomic mass is 9.92. The number of carbonyl (C=O) groups excluding carboxylic acids is 2. The Hall–Kier alpha value is -6.31. The molecule has 2 aromatic heterocycles. The van der Waals surface area contributed by atoms with E-state index in [0.717, 1.165) is 37.0 Å². The zero-order valence-electron chi connectivity index (χ0n) is 39.4. The molecular weight excluding hydrogens is 934 g/mol. The maximum atomic E-state index is 15.9. The quantitative estimate of drug-likeness (QED) is 0.0665. The molecular formula is C49H57ClF2N8O8S. The number of hydrogen-bond acceptors (Lipinski definition) is 12. The standard InChI is InChI=1S/C49H57ClF2N8O8S/c1-31(2)23-40(33-7-9-35(50)10-8-33)32(3)29-57-19-21-58(22-20-57)36-11-12-39(43(25-36)67-37-24-34-13-16-53-45(34)54-28-37)46(61)56-69(65,66)38-26-41(51)44(42(27-38)60(63)64)55-30-49(52)14-17-59(18-15-49)47(62)68-48(4,5)6/h7-13,16,24-28,31,55H,14-15,17-23,29-30H2,1-6H3,(H,53,54)(H,56,61)/b40-32-. The molecule has 3 N–H and O–H groups in total. The number of nitro groups is 1. The van der Waals surface area contributed by atoms with Crippen LogP contribution in [0.4, 0.5) is 30.6 Å². The summed E-state index contributed by atoms with van der Waals surface area (Å²) in [5.74, 6) is -1.81. The van der Waals surface area contributed by atoms with Crippen LogP contribution in [-0.4, -0.2) is 109 Å². The Bertz CT molecular complexity index is 2850. The number of allylic oxidation sites excluding steroid dienone is 1. The van der Waals surface area contributed by atoms with Crippen LogP contribution >= 0.6 is 11.6 Å². The van der Waals surface area contributed by atoms with E-state index >= 15 is 8.78 Å². The molecule has 0 aliphatic carbocycles. The molecule has 3 aromatic carbocycles. The van der Waals surface area contributed by atoms with Gasteiger partial charge in [-0.05, 0) is 93.6 Å². The number of halogens is 3. The van der Waals surface area contributed by atoms with Gasteiger partial charge in [0.2, 0.25) is 0 Å². The minimum Gasteiger partial charge on any atom is -0.455 e. The number of nitrogens with one attached hydrogen (secondary N) is 3. The van der Waals surface area contributed by atoms with Crippen LogP contribution in [0, 0.1) is 21.8 Å². The highest BCUT2D eigenvalue weighted by Gasteiger charge is 2.38. The van der Waals surface area contributed by atoms with Gasteiger partial charge in [0.15, 0.2) is 5.82 Å². The van der Waals surface area contributed by atoms with E-state index in [9.17, 15) is 28.1 Å². The van der Waals surface area contributed by atoms with Crippen molar-refractivity contribution in [2.24, 2.45) is 5.92 Å². The molecule has 2 aliphatic rings. The lowest BCUT2D eigenvalue weighted by Gasteiger charge is -2.37. The first-order valence-electron chi connectivity index (χ1n) is 22.7. The lowest BCUT2D eigenvalue weighted by Crippen LogP contribution is -2.48. The van der Waals surface area contributed by atoms with Crippen LogP contribution in [0.5, 0.6) is 11.5 Å². The van der Waals surface area contributed by atoms with Crippen molar-refractivity contribution >= 4 is 67.3 Å². The van der Waals surface area contributed by atoms with Crippen molar-refractivity contribution in [3.8, 4) is 11.5 Å². The lowest BCUT2D eigenvalue weighted by molar-refractivity contribution is -0.384. The highest BCUT2D eigenvalue weighted by Crippen LogP contribution is 2.36. The van der Waals surface area contributed by atoms with Crippen molar-refractivity contribution in [2.45, 2.75) is 77.0 Å². The maximum Gasteiger partial charge on any atom is 0.410 e. The van der Waals surface area contributed by atoms with Crippen LogP contribution < -0.4 is 19.7 Å². The number of ether oxygens (including phenoxy) is 2. The molecule has 2 fully saturated rings. The number of anilines is 2. The number of piperazine rings is 1. The van der Waals surface area contributed by atoms with Crippen molar-refractivity contribution in [3.63, 3.8) is 0 Å². The number of hydrogen-bond donors (Lipinski definition) is 3. The Morgan fingerprint density at radius 3 is 2.35 bits per heavy atom. The number of alkyl halides is 1. The average Bonchev–Trinajstić information content (AvgIpc) is 3.76. The summed E-state index contributed by atoms with van der Waals surface area (Å²) in [4.78, 5) is 50.0. The van der Waals surface area contributed by atoms with Crippen LogP contribution in [0.1, 0.15) is 76.7 Å². The molecule has 0 saturated carbocycles. The van der Waals surface area contributed by atoms with Crippen LogP contribution in [0.3, 0.4) is 0 Å². The summed E-state index contributed by atoms with van der Waals surface area (Å²) in [7, 11) is -4.96. The van der Waals surface area contributed by atoms with Crippen LogP contribution in [0.2, 0.25) is 5.02 Å². The van der Waals surface area contributed by atoms with E-state index in [1.807, 2.05) is 16.9 Å². The zero-order valence-corrected chi connectivity index (χ0v) is 41.0. The van der Waals surface area contributed by atoms with Gasteiger partial charge in [-0.2, -0.15) is 0 Å². The van der Waals surface area contributed by atoms with Gasteiger partial charge in [-0.3, -0.25) is 19.8 Å². The number of piperidine rings is 1. The third-order valence-corrected chi connectivity index (χ3v) is 13.6. The summed E-state index contributed by atoms with van der Waals surface area (Å²) in [6, 6.07) is 17.3. The van der Waals surface area contributed by atoms with E-state index in [0.29, 0.717) is 47.5 Å². The van der Waals surface area contributed by atoms with Gasteiger partial charge in [-0.15, -0.1) is 0 Å². The minimum absolute atomic E-state index is 0.00632. The summed E-state index contributed by atoms with van der Waals surface area (Å²) in [5, 5.41) is 16.1. The van der Waals surface area contributed by atoms with E-state index in [1.54, 1.807) is 51.2 Å². The molecule has 4 heterocycles. The van der Waals surface area contributed by atoms with Gasteiger partial charge in [0.1, 0.15) is 34.1 Å². The summed E-state index contributed by atoms with van der Waals surface area (Å²) in [6.45, 7) is 14.6. The first-order valence-corrected chi connectivity index (χ1v) is 24.6. The van der Waals surface area contributed by atoms with Crippen LogP contribution in [0.15, 0.2) is 89.6 Å². The number of carbonyl (C=O) groups is 2. The van der Waals surface area contributed by atoms with Gasteiger partial charge in [0.25, 0.3) is 21.6 Å². The number of H-pyrrole nitrogens is 1. The molecule has 2 aliphatic heterocycles. The number of nitro benzene ring substituents is 1. The summed E-state index contributed by atoms with van der Waals surface area (Å²) >= 11 is 6.20. The summed E-state index contributed by atoms with van der Waals surface area (Å²) < 4.78 is 72.7. The molecule has 0 radical (unpaired) electrons. The number of aromatic nitrogens is 2. The van der Waals surface area contributed by atoms with Gasteiger partial charge in [0.05, 0.1) is 21.6 Å². The minimum atomic E-state index is -4.96. The Morgan fingerprint density at radius 1 is 1.00 bits per heavy atom. The SMILES string of the molecule is C/C(CN1CCN(c2ccc(C(=O)NS(=O)(=O)c3cc(F)c(NCC4(F)CCN(C(=O)OC(C)(C)C)CC4)c([N+](=O)[O-])c3)c(Oc3cnc4[nH]ccc4c3)c2)CC1)=C(\CC(C)C)c1ccc(Cl)cc1. The maximum absolute atomic E-state index is 15.9. The second-order valence-corrected chi connectivity index (χ2v) is 21.1. The predicted octanol–water partition coefficient (Wildman–Crippen LogP) is 9.97. The topological polar surface area (TPSA) is 192 Å². The van der Waals surface area contributed by atoms with Crippen molar-refractivity contribution in [1.82, 2.24) is 24.5 Å². The number of benzene rings is 3. The monoisotopic (exact) mass is 990 g/mol. The molecule has 0 unspecified atom stereocenters. The number of pyridine rings is 1. The molecule has 368 valence electrons. The fraction of sp³-hybridized carbons (Fsp3) is 0.408. The molecule has 7 rings (SSSR count). The first kappa shape index (κ1) is 50.6. The molecule has 5 aromatic rings. The van der Waals surface area contributed by atoms with E-state index < -0.39 is 66.8 Å². The highest BCUT2D eigenvalue weighted by molar-refractivity contribution is 7.90. The Morgan fingerprint density at radius 2 is 1.70 bits per heavy atom. The van der Waals surface area contributed by atoms with Crippen LogP contribution in [-0.2, 0) is 14.8 Å². The normalized spacial score (nSPS) is 16.0. The van der Waals surface area contributed by atoms with Crippen molar-refractivity contribution in [3.05, 3.63) is 117 Å². The fourth-order valence-corrected chi connectivity index (χ4v) is 9.52. The molecule has 0 spiro atoms. The molecule has 0 atom stereocenters. The smallest absolute Gasteiger partial charge is 0.410 e. The van der Waals surface area contributed by atoms with Gasteiger partial charge in [0, 0.05) is 99.6 Å². The summed E-state index contributed by atoms with van der Waals surface area (Å²) in [6.07, 6.45) is 3.13.